The first-order valence-corrected chi connectivity index (χ1v) is 15.7. The zero-order valence-electron chi connectivity index (χ0n) is 26.2. The predicted molar refractivity (Wildman–Crippen MR) is 170 cm³/mol. The van der Waals surface area contributed by atoms with Gasteiger partial charge < -0.3 is 9.84 Å². The Morgan fingerprint density at radius 2 is 1.76 bits per heavy atom. The molecule has 2 aromatic carbocycles. The van der Waals surface area contributed by atoms with Gasteiger partial charge in [-0.25, -0.2) is 9.31 Å². The van der Waals surface area contributed by atoms with Crippen LogP contribution >= 0.6 is 0 Å². The molecule has 1 saturated carbocycles. The molecule has 0 saturated heterocycles. The van der Waals surface area contributed by atoms with Gasteiger partial charge in [0.1, 0.15) is 5.82 Å². The number of fused-ring (bicyclic) bond motifs is 1. The Morgan fingerprint density at radius 1 is 1.04 bits per heavy atom. The molecule has 45 heavy (non-hydrogen) atoms. The molecule has 0 amide bonds. The summed E-state index contributed by atoms with van der Waals surface area (Å²) < 4.78 is 14.5. The number of aromatic nitrogens is 6. The van der Waals surface area contributed by atoms with Gasteiger partial charge in [0, 0.05) is 23.6 Å². The molecule has 0 unspecified atom stereocenters. The number of hydrogen-bond donors (Lipinski definition) is 2. The fourth-order valence-corrected chi connectivity index (χ4v) is 6.31. The molecule has 0 radical (unpaired) electrons. The number of aromatic amines is 1. The van der Waals surface area contributed by atoms with Gasteiger partial charge in [-0.1, -0.05) is 67.0 Å². The fraction of sp³-hybridized carbons (Fsp3) is 0.441. The number of nitrogens with one attached hydrogen (secondary N) is 1. The molecular formula is C34H40N6O5. The molecule has 2 N–H and O–H groups in total. The molecule has 6 rings (SSSR count). The maximum absolute atomic E-state index is 14.4. The molecule has 0 spiro atoms. The van der Waals surface area contributed by atoms with Gasteiger partial charge in [0.05, 0.1) is 24.0 Å². The van der Waals surface area contributed by atoms with E-state index in [4.69, 9.17) is 19.3 Å². The van der Waals surface area contributed by atoms with Crippen LogP contribution in [-0.4, -0.2) is 52.7 Å². The molecule has 1 fully saturated rings. The third-order valence-corrected chi connectivity index (χ3v) is 8.43. The molecular weight excluding hydrogens is 572 g/mol. The zero-order valence-corrected chi connectivity index (χ0v) is 26.2. The minimum atomic E-state index is -0.873. The summed E-state index contributed by atoms with van der Waals surface area (Å²) in [6.07, 6.45) is 5.30. The van der Waals surface area contributed by atoms with Crippen molar-refractivity contribution in [2.45, 2.75) is 90.4 Å². The SMILES string of the molecule is CCCc1c(Cc2ccc(-c3ccccc3-c3noc(=O)[nH]3)cc2)c(=O)n([C@H]2CC[C@H](OCC(C)(C)O)CC2)c2nc(C)nn12. The van der Waals surface area contributed by atoms with E-state index in [1.807, 2.05) is 64.5 Å². The lowest BCUT2D eigenvalue weighted by molar-refractivity contribution is -0.0654. The van der Waals surface area contributed by atoms with Crippen molar-refractivity contribution in [2.24, 2.45) is 0 Å². The Morgan fingerprint density at radius 3 is 2.40 bits per heavy atom. The van der Waals surface area contributed by atoms with Crippen LogP contribution in [0.4, 0.5) is 0 Å². The number of ether oxygens (including phenoxy) is 1. The molecule has 3 heterocycles. The van der Waals surface area contributed by atoms with Crippen LogP contribution in [0.15, 0.2) is 62.6 Å². The summed E-state index contributed by atoms with van der Waals surface area (Å²) in [5.74, 6) is 1.01. The van der Waals surface area contributed by atoms with Crippen molar-refractivity contribution in [1.82, 2.24) is 29.3 Å². The number of benzene rings is 2. The quantitative estimate of drug-likeness (QED) is 0.224. The van der Waals surface area contributed by atoms with Crippen LogP contribution in [0.2, 0.25) is 0 Å². The molecule has 5 aromatic rings. The average molecular weight is 613 g/mol. The zero-order chi connectivity index (χ0) is 31.7. The molecule has 3 aromatic heterocycles. The highest BCUT2D eigenvalue weighted by molar-refractivity contribution is 5.80. The third kappa shape index (κ3) is 6.55. The largest absolute Gasteiger partial charge is 0.439 e. The Hall–Kier alpha value is -4.35. The first-order valence-electron chi connectivity index (χ1n) is 15.7. The average Bonchev–Trinajstić information content (AvgIpc) is 3.63. The van der Waals surface area contributed by atoms with Gasteiger partial charge in [-0.05, 0) is 69.6 Å². The summed E-state index contributed by atoms with van der Waals surface area (Å²) in [7, 11) is 0. The van der Waals surface area contributed by atoms with Gasteiger partial charge in [0.2, 0.25) is 5.78 Å². The molecule has 0 atom stereocenters. The topological polar surface area (TPSA) is 141 Å². The number of aryl methyl sites for hydroxylation is 2. The Balaban J connectivity index is 1.32. The lowest BCUT2D eigenvalue weighted by Gasteiger charge is -2.32. The number of H-pyrrole nitrogens is 1. The lowest BCUT2D eigenvalue weighted by atomic mass is 9.92. The number of rotatable bonds is 10. The summed E-state index contributed by atoms with van der Waals surface area (Å²) in [6, 6.07) is 15.8. The van der Waals surface area contributed by atoms with E-state index in [0.717, 1.165) is 65.6 Å². The van der Waals surface area contributed by atoms with Gasteiger partial charge in [-0.15, -0.1) is 0 Å². The first-order chi connectivity index (χ1) is 21.6. The van der Waals surface area contributed by atoms with Gasteiger partial charge in [0.25, 0.3) is 5.56 Å². The fourth-order valence-electron chi connectivity index (χ4n) is 6.31. The molecule has 0 aliphatic heterocycles. The van der Waals surface area contributed by atoms with Crippen LogP contribution < -0.4 is 11.3 Å². The van der Waals surface area contributed by atoms with E-state index >= 15 is 0 Å². The second kappa shape index (κ2) is 12.6. The number of hydrogen-bond acceptors (Lipinski definition) is 8. The smallest absolute Gasteiger partial charge is 0.388 e. The molecule has 1 aliphatic carbocycles. The van der Waals surface area contributed by atoms with Crippen LogP contribution in [-0.2, 0) is 17.6 Å². The summed E-state index contributed by atoms with van der Waals surface area (Å²) in [6.45, 7) is 7.75. The summed E-state index contributed by atoms with van der Waals surface area (Å²) in [5, 5.41) is 18.7. The van der Waals surface area contributed by atoms with Crippen molar-refractivity contribution < 1.29 is 14.4 Å². The van der Waals surface area contributed by atoms with Crippen molar-refractivity contribution in [3.05, 3.63) is 92.1 Å². The molecule has 11 heteroatoms. The Bertz CT molecular complexity index is 1900. The normalized spacial score (nSPS) is 17.3. The maximum atomic E-state index is 14.4. The van der Waals surface area contributed by atoms with Crippen LogP contribution in [0.5, 0.6) is 0 Å². The van der Waals surface area contributed by atoms with Gasteiger partial charge in [-0.3, -0.25) is 18.9 Å². The summed E-state index contributed by atoms with van der Waals surface area (Å²) >= 11 is 0. The van der Waals surface area contributed by atoms with Crippen LogP contribution in [0.1, 0.15) is 81.6 Å². The van der Waals surface area contributed by atoms with E-state index in [-0.39, 0.29) is 24.3 Å². The minimum Gasteiger partial charge on any atom is -0.388 e. The summed E-state index contributed by atoms with van der Waals surface area (Å²) in [5.41, 5.74) is 4.39. The minimum absolute atomic E-state index is 0.0105. The van der Waals surface area contributed by atoms with Crippen molar-refractivity contribution in [3.8, 4) is 22.5 Å². The molecule has 11 nitrogen and oxygen atoms in total. The molecule has 236 valence electrons. The Kier molecular flexibility index (Phi) is 8.56. The third-order valence-electron chi connectivity index (χ3n) is 8.43. The van der Waals surface area contributed by atoms with E-state index in [0.29, 0.717) is 30.3 Å². The maximum Gasteiger partial charge on any atom is 0.439 e. The van der Waals surface area contributed by atoms with E-state index in [1.54, 1.807) is 13.8 Å². The number of aliphatic hydroxyl groups is 1. The highest BCUT2D eigenvalue weighted by Crippen LogP contribution is 2.32. The van der Waals surface area contributed by atoms with Gasteiger partial charge in [0.15, 0.2) is 5.82 Å². The lowest BCUT2D eigenvalue weighted by Crippen LogP contribution is -2.36. The van der Waals surface area contributed by atoms with Crippen molar-refractivity contribution in [3.63, 3.8) is 0 Å². The standard InChI is InChI=1S/C34H40N6O5/c1-5-8-29-28(19-22-11-13-23(14-12-22)26-9-6-7-10-27(26)30-36-33(42)45-38-30)31(41)39(32-35-21(2)37-40(29)32)24-15-17-25(18-16-24)44-20-34(3,4)43/h6-7,9-14,24-25,43H,5,8,15-20H2,1-4H3,(H,36,38,42)/t24-,25-. The second-order valence-corrected chi connectivity index (χ2v) is 12.6. The van der Waals surface area contributed by atoms with E-state index < -0.39 is 11.4 Å². The van der Waals surface area contributed by atoms with Crippen molar-refractivity contribution >= 4 is 5.78 Å². The van der Waals surface area contributed by atoms with E-state index in [1.165, 1.54) is 0 Å². The van der Waals surface area contributed by atoms with E-state index in [2.05, 4.69) is 17.1 Å². The summed E-state index contributed by atoms with van der Waals surface area (Å²) in [4.78, 5) is 33.3. The van der Waals surface area contributed by atoms with Crippen molar-refractivity contribution in [2.75, 3.05) is 6.61 Å². The van der Waals surface area contributed by atoms with E-state index in [9.17, 15) is 14.7 Å². The monoisotopic (exact) mass is 612 g/mol. The van der Waals surface area contributed by atoms with Crippen LogP contribution in [0.25, 0.3) is 28.3 Å². The molecule has 0 bridgehead atoms. The van der Waals surface area contributed by atoms with Gasteiger partial charge >= 0.3 is 5.76 Å². The van der Waals surface area contributed by atoms with Gasteiger partial charge in [-0.2, -0.15) is 10.1 Å². The van der Waals surface area contributed by atoms with Crippen molar-refractivity contribution in [1.29, 1.82) is 0 Å². The Labute approximate surface area is 260 Å². The second-order valence-electron chi connectivity index (χ2n) is 12.6. The number of nitrogens with zero attached hydrogens (tertiary/aromatic N) is 5. The highest BCUT2D eigenvalue weighted by atomic mass is 16.5. The molecule has 1 aliphatic rings. The predicted octanol–water partition coefficient (Wildman–Crippen LogP) is 5.02. The first kappa shape index (κ1) is 30.7. The highest BCUT2D eigenvalue weighted by Gasteiger charge is 2.29. The van der Waals surface area contributed by atoms with Crippen LogP contribution in [0, 0.1) is 6.92 Å². The van der Waals surface area contributed by atoms with Crippen LogP contribution in [0.3, 0.4) is 0 Å².